The maximum Gasteiger partial charge on any atom is 0.222 e. The molecule has 1 aliphatic heterocycles. The summed E-state index contributed by atoms with van der Waals surface area (Å²) in [5.41, 5.74) is 6.05. The lowest BCUT2D eigenvalue weighted by Gasteiger charge is -2.37. The lowest BCUT2D eigenvalue weighted by molar-refractivity contribution is -0.135. The van der Waals surface area contributed by atoms with Gasteiger partial charge in [0.25, 0.3) is 0 Å². The highest BCUT2D eigenvalue weighted by Crippen LogP contribution is 2.31. The van der Waals surface area contributed by atoms with Gasteiger partial charge in [-0.3, -0.25) is 4.79 Å². The van der Waals surface area contributed by atoms with Gasteiger partial charge in [-0.05, 0) is 24.6 Å². The van der Waals surface area contributed by atoms with Gasteiger partial charge in [-0.2, -0.15) is 0 Å². The Hall–Kier alpha value is -1.49. The minimum absolute atomic E-state index is 0.0969. The molecule has 2 atom stereocenters. The molecule has 0 spiro atoms. The van der Waals surface area contributed by atoms with E-state index in [4.69, 9.17) is 5.73 Å². The van der Waals surface area contributed by atoms with Gasteiger partial charge in [0.05, 0.1) is 6.04 Å². The van der Waals surface area contributed by atoms with Crippen molar-refractivity contribution in [1.29, 1.82) is 0 Å². The second kappa shape index (κ2) is 4.41. The number of nitrogens with zero attached hydrogens (tertiary/aromatic N) is 1. The van der Waals surface area contributed by atoms with Crippen LogP contribution in [0.1, 0.15) is 24.4 Å². The topological polar surface area (TPSA) is 46.3 Å². The van der Waals surface area contributed by atoms with Gasteiger partial charge < -0.3 is 10.6 Å². The van der Waals surface area contributed by atoms with Crippen LogP contribution in [0.25, 0.3) is 0 Å². The van der Waals surface area contributed by atoms with Crippen molar-refractivity contribution in [2.45, 2.75) is 24.9 Å². The zero-order valence-electron chi connectivity index (χ0n) is 9.49. The van der Waals surface area contributed by atoms with Crippen molar-refractivity contribution in [3.63, 3.8) is 0 Å². The van der Waals surface area contributed by atoms with E-state index in [1.807, 2.05) is 0 Å². The summed E-state index contributed by atoms with van der Waals surface area (Å²) in [6.07, 6.45) is 0.842. The number of rotatable bonds is 1. The monoisotopic (exact) mass is 240 g/mol. The number of piperidine rings is 1. The predicted octanol–water partition coefficient (Wildman–Crippen LogP) is 1.59. The quantitative estimate of drug-likeness (QED) is 0.810. The first-order chi connectivity index (χ1) is 8.00. The summed E-state index contributed by atoms with van der Waals surface area (Å²) in [6, 6.07) is 2.26. The molecule has 1 aromatic carbocycles. The fraction of sp³-hybridized carbons (Fsp3) is 0.417. The van der Waals surface area contributed by atoms with E-state index in [9.17, 15) is 13.6 Å². The van der Waals surface area contributed by atoms with Gasteiger partial charge in [0.15, 0.2) is 0 Å². The lowest BCUT2D eigenvalue weighted by Crippen LogP contribution is -2.47. The fourth-order valence-electron chi connectivity index (χ4n) is 2.25. The molecule has 1 fully saturated rings. The van der Waals surface area contributed by atoms with Crippen LogP contribution < -0.4 is 5.73 Å². The number of amides is 1. The molecule has 2 N–H and O–H groups in total. The molecule has 1 aliphatic rings. The standard InChI is InChI=1S/C12H14F2N2O/c1-16-11(17)5-4-10(15)12(16)8-6-7(13)2-3-9(8)14/h2-3,6,10,12H,4-5,15H2,1H3. The Morgan fingerprint density at radius 1 is 1.41 bits per heavy atom. The summed E-state index contributed by atoms with van der Waals surface area (Å²) in [5.74, 6) is -1.16. The van der Waals surface area contributed by atoms with Gasteiger partial charge in [0.1, 0.15) is 11.6 Å². The molecule has 0 radical (unpaired) electrons. The van der Waals surface area contributed by atoms with Crippen molar-refractivity contribution < 1.29 is 13.6 Å². The molecule has 2 rings (SSSR count). The predicted molar refractivity (Wildman–Crippen MR) is 59.1 cm³/mol. The molecule has 0 bridgehead atoms. The first kappa shape index (κ1) is 12.0. The molecule has 1 heterocycles. The second-order valence-electron chi connectivity index (χ2n) is 4.32. The number of carbonyl (C=O) groups is 1. The van der Waals surface area contributed by atoms with Crippen molar-refractivity contribution in [2.75, 3.05) is 7.05 Å². The van der Waals surface area contributed by atoms with E-state index in [1.165, 1.54) is 4.90 Å². The number of carbonyl (C=O) groups excluding carboxylic acids is 1. The highest BCUT2D eigenvalue weighted by molar-refractivity contribution is 5.77. The molecule has 0 aromatic heterocycles. The molecule has 1 amide bonds. The average molecular weight is 240 g/mol. The maximum absolute atomic E-state index is 13.7. The molecule has 92 valence electrons. The molecule has 5 heteroatoms. The van der Waals surface area contributed by atoms with E-state index >= 15 is 0 Å². The molecule has 2 unspecified atom stereocenters. The smallest absolute Gasteiger partial charge is 0.222 e. The first-order valence-corrected chi connectivity index (χ1v) is 5.47. The Labute approximate surface area is 98.2 Å². The summed E-state index contributed by atoms with van der Waals surface area (Å²) in [5, 5.41) is 0. The van der Waals surface area contributed by atoms with Gasteiger partial charge >= 0.3 is 0 Å². The van der Waals surface area contributed by atoms with Crippen LogP contribution in [0.4, 0.5) is 8.78 Å². The van der Waals surface area contributed by atoms with E-state index in [-0.39, 0.29) is 17.5 Å². The zero-order chi connectivity index (χ0) is 12.6. The van der Waals surface area contributed by atoms with Crippen molar-refractivity contribution in [1.82, 2.24) is 4.90 Å². The van der Waals surface area contributed by atoms with E-state index in [2.05, 4.69) is 0 Å². The van der Waals surface area contributed by atoms with Gasteiger partial charge in [-0.15, -0.1) is 0 Å². The summed E-state index contributed by atoms with van der Waals surface area (Å²) >= 11 is 0. The van der Waals surface area contributed by atoms with Crippen molar-refractivity contribution in [2.24, 2.45) is 5.73 Å². The van der Waals surface area contributed by atoms with E-state index in [0.717, 1.165) is 18.2 Å². The molecule has 0 saturated carbocycles. The van der Waals surface area contributed by atoms with Crippen LogP contribution in [0.2, 0.25) is 0 Å². The minimum Gasteiger partial charge on any atom is -0.337 e. The van der Waals surface area contributed by atoms with Crippen LogP contribution in [0.3, 0.4) is 0 Å². The number of likely N-dealkylation sites (tertiary alicyclic amines) is 1. The zero-order valence-corrected chi connectivity index (χ0v) is 9.49. The average Bonchev–Trinajstić information content (AvgIpc) is 2.29. The molecular weight excluding hydrogens is 226 g/mol. The Kier molecular flexibility index (Phi) is 3.11. The van der Waals surface area contributed by atoms with Gasteiger partial charge in [0.2, 0.25) is 5.91 Å². The molecule has 0 aliphatic carbocycles. The molecule has 17 heavy (non-hydrogen) atoms. The fourth-order valence-corrected chi connectivity index (χ4v) is 2.25. The van der Waals surface area contributed by atoms with E-state index < -0.39 is 17.7 Å². The molecular formula is C12H14F2N2O. The van der Waals surface area contributed by atoms with Gasteiger partial charge in [-0.1, -0.05) is 0 Å². The third-order valence-corrected chi connectivity index (χ3v) is 3.18. The second-order valence-corrected chi connectivity index (χ2v) is 4.32. The summed E-state index contributed by atoms with van der Waals surface area (Å²) in [6.45, 7) is 0. The largest absolute Gasteiger partial charge is 0.337 e. The highest BCUT2D eigenvalue weighted by Gasteiger charge is 2.34. The van der Waals surface area contributed by atoms with Crippen molar-refractivity contribution >= 4 is 5.91 Å². The van der Waals surface area contributed by atoms with Gasteiger partial charge in [-0.25, -0.2) is 8.78 Å². The SMILES string of the molecule is CN1C(=O)CCC(N)C1c1cc(F)ccc1F. The van der Waals surface area contributed by atoms with Crippen LogP contribution in [-0.4, -0.2) is 23.9 Å². The molecule has 3 nitrogen and oxygen atoms in total. The van der Waals surface area contributed by atoms with Crippen LogP contribution in [0, 0.1) is 11.6 Å². The van der Waals surface area contributed by atoms with Crippen LogP contribution in [0.5, 0.6) is 0 Å². The van der Waals surface area contributed by atoms with Crippen LogP contribution >= 0.6 is 0 Å². The normalized spacial score (nSPS) is 25.2. The lowest BCUT2D eigenvalue weighted by atomic mass is 9.91. The number of hydrogen-bond acceptors (Lipinski definition) is 2. The Balaban J connectivity index is 2.42. The summed E-state index contributed by atoms with van der Waals surface area (Å²) < 4.78 is 26.8. The molecule has 1 saturated heterocycles. The van der Waals surface area contributed by atoms with Crippen LogP contribution in [-0.2, 0) is 4.79 Å². The van der Waals surface area contributed by atoms with E-state index in [0.29, 0.717) is 12.8 Å². The maximum atomic E-state index is 13.7. The number of likely N-dealkylation sites (N-methyl/N-ethyl adjacent to an activating group) is 1. The number of benzene rings is 1. The minimum atomic E-state index is -0.591. The van der Waals surface area contributed by atoms with Crippen LogP contribution in [0.15, 0.2) is 18.2 Å². The van der Waals surface area contributed by atoms with E-state index in [1.54, 1.807) is 7.05 Å². The molecule has 1 aromatic rings. The Morgan fingerprint density at radius 3 is 2.82 bits per heavy atom. The Morgan fingerprint density at radius 2 is 2.12 bits per heavy atom. The number of halogens is 2. The van der Waals surface area contributed by atoms with Gasteiger partial charge in [0, 0.05) is 25.1 Å². The third-order valence-electron chi connectivity index (χ3n) is 3.18. The third kappa shape index (κ3) is 2.15. The summed E-state index contributed by atoms with van der Waals surface area (Å²) in [4.78, 5) is 13.0. The van der Waals surface area contributed by atoms with Crippen molar-refractivity contribution in [3.05, 3.63) is 35.4 Å². The number of nitrogens with two attached hydrogens (primary N) is 1. The summed E-state index contributed by atoms with van der Waals surface area (Å²) in [7, 11) is 1.57. The number of hydrogen-bond donors (Lipinski definition) is 1. The highest BCUT2D eigenvalue weighted by atomic mass is 19.1. The first-order valence-electron chi connectivity index (χ1n) is 5.47. The van der Waals surface area contributed by atoms with Crippen molar-refractivity contribution in [3.8, 4) is 0 Å². The Bertz CT molecular complexity index is 450.